The first kappa shape index (κ1) is 15.5. The van der Waals surface area contributed by atoms with Gasteiger partial charge in [0.2, 0.25) is 0 Å². The monoisotopic (exact) mass is 280 g/mol. The van der Waals surface area contributed by atoms with Crippen molar-refractivity contribution in [2.24, 2.45) is 0 Å². The van der Waals surface area contributed by atoms with E-state index in [-0.39, 0.29) is 6.10 Å². The number of hydrogen-bond donors (Lipinski definition) is 1. The first-order chi connectivity index (χ1) is 9.72. The van der Waals surface area contributed by atoms with Crippen LogP contribution in [0.4, 0.5) is 0 Å². The third kappa shape index (κ3) is 4.32. The molecule has 1 saturated heterocycles. The Morgan fingerprint density at radius 2 is 2.25 bits per heavy atom. The van der Waals surface area contributed by atoms with Crippen molar-refractivity contribution in [1.82, 2.24) is 9.78 Å². The Kier molecular flexibility index (Phi) is 6.05. The van der Waals surface area contributed by atoms with E-state index < -0.39 is 0 Å². The van der Waals surface area contributed by atoms with Crippen molar-refractivity contribution in [3.8, 4) is 0 Å². The molecule has 1 fully saturated rings. The Hall–Kier alpha value is -0.870. The molecule has 0 bridgehead atoms. The lowest BCUT2D eigenvalue weighted by molar-refractivity contribution is 0.0810. The maximum absolute atomic E-state index is 10.1. The zero-order chi connectivity index (χ0) is 14.4. The van der Waals surface area contributed by atoms with Gasteiger partial charge in [0, 0.05) is 19.2 Å². The second-order valence-electron chi connectivity index (χ2n) is 5.83. The predicted octanol–water partition coefficient (Wildman–Crippen LogP) is 3.11. The van der Waals surface area contributed by atoms with Gasteiger partial charge >= 0.3 is 0 Å². The summed E-state index contributed by atoms with van der Waals surface area (Å²) in [5.41, 5.74) is 0.997. The smallest absolute Gasteiger partial charge is 0.0650 e. The van der Waals surface area contributed by atoms with Crippen LogP contribution in [-0.2, 0) is 11.2 Å². The second kappa shape index (κ2) is 7.79. The molecule has 0 spiro atoms. The zero-order valence-corrected chi connectivity index (χ0v) is 12.8. The molecule has 0 radical (unpaired) electrons. The van der Waals surface area contributed by atoms with Crippen LogP contribution in [0.15, 0.2) is 12.3 Å². The Balaban J connectivity index is 1.77. The third-order valence-corrected chi connectivity index (χ3v) is 4.27. The van der Waals surface area contributed by atoms with E-state index in [2.05, 4.69) is 18.9 Å². The van der Waals surface area contributed by atoms with Gasteiger partial charge in [0.25, 0.3) is 0 Å². The number of aliphatic hydroxyl groups is 1. The van der Waals surface area contributed by atoms with Crippen LogP contribution >= 0.6 is 0 Å². The van der Waals surface area contributed by atoms with Crippen molar-refractivity contribution in [3.05, 3.63) is 18.0 Å². The van der Waals surface area contributed by atoms with E-state index in [1.54, 1.807) is 0 Å². The highest BCUT2D eigenvalue weighted by molar-refractivity contribution is 5.01. The molecule has 1 N–H and O–H groups in total. The summed E-state index contributed by atoms with van der Waals surface area (Å²) in [6.45, 7) is 5.26. The van der Waals surface area contributed by atoms with E-state index >= 15 is 0 Å². The van der Waals surface area contributed by atoms with Crippen LogP contribution in [0.2, 0.25) is 0 Å². The Morgan fingerprint density at radius 1 is 1.45 bits per heavy atom. The minimum absolute atomic E-state index is 0.302. The molecule has 2 rings (SSSR count). The summed E-state index contributed by atoms with van der Waals surface area (Å²) in [6, 6.07) is 2.51. The SMILES string of the molecule is CCC(CC)n1ccc(CC(O)CCC2CCCO2)n1. The molecule has 0 saturated carbocycles. The van der Waals surface area contributed by atoms with E-state index in [9.17, 15) is 5.11 Å². The molecule has 0 amide bonds. The van der Waals surface area contributed by atoms with Crippen molar-refractivity contribution in [3.63, 3.8) is 0 Å². The van der Waals surface area contributed by atoms with E-state index in [0.29, 0.717) is 18.6 Å². The van der Waals surface area contributed by atoms with Crippen LogP contribution in [0.5, 0.6) is 0 Å². The second-order valence-corrected chi connectivity index (χ2v) is 5.83. The Morgan fingerprint density at radius 3 is 2.90 bits per heavy atom. The van der Waals surface area contributed by atoms with Gasteiger partial charge in [0.1, 0.15) is 0 Å². The molecule has 1 aliphatic heterocycles. The van der Waals surface area contributed by atoms with Gasteiger partial charge in [0.05, 0.1) is 23.9 Å². The molecule has 114 valence electrons. The molecular formula is C16H28N2O2. The van der Waals surface area contributed by atoms with Gasteiger partial charge in [-0.25, -0.2) is 0 Å². The van der Waals surface area contributed by atoms with Gasteiger partial charge in [-0.15, -0.1) is 0 Å². The normalized spacial score (nSPS) is 20.7. The summed E-state index contributed by atoms with van der Waals surface area (Å²) in [6.07, 6.45) is 9.04. The largest absolute Gasteiger partial charge is 0.393 e. The minimum Gasteiger partial charge on any atom is -0.393 e. The molecule has 2 atom stereocenters. The maximum atomic E-state index is 10.1. The van der Waals surface area contributed by atoms with Gasteiger partial charge in [-0.1, -0.05) is 13.8 Å². The highest BCUT2D eigenvalue weighted by atomic mass is 16.5. The van der Waals surface area contributed by atoms with Crippen LogP contribution < -0.4 is 0 Å². The van der Waals surface area contributed by atoms with Crippen molar-refractivity contribution >= 4 is 0 Å². The minimum atomic E-state index is -0.302. The Labute approximate surface area is 122 Å². The molecule has 20 heavy (non-hydrogen) atoms. The van der Waals surface area contributed by atoms with Crippen LogP contribution in [0, 0.1) is 0 Å². The number of rotatable bonds is 8. The summed E-state index contributed by atoms with van der Waals surface area (Å²) in [7, 11) is 0. The molecule has 2 unspecified atom stereocenters. The van der Waals surface area contributed by atoms with E-state index in [1.165, 1.54) is 6.42 Å². The summed E-state index contributed by atoms with van der Waals surface area (Å²) >= 11 is 0. The highest BCUT2D eigenvalue weighted by Gasteiger charge is 2.18. The number of hydrogen-bond acceptors (Lipinski definition) is 3. The summed E-state index contributed by atoms with van der Waals surface area (Å²) < 4.78 is 7.63. The van der Waals surface area contributed by atoms with Gasteiger partial charge < -0.3 is 9.84 Å². The molecule has 4 nitrogen and oxygen atoms in total. The highest BCUT2D eigenvalue weighted by Crippen LogP contribution is 2.19. The lowest BCUT2D eigenvalue weighted by Gasteiger charge is -2.14. The van der Waals surface area contributed by atoms with Gasteiger partial charge in [-0.2, -0.15) is 5.10 Å². The molecule has 0 aliphatic carbocycles. The molecule has 2 heterocycles. The number of nitrogens with zero attached hydrogens (tertiary/aromatic N) is 2. The summed E-state index contributed by atoms with van der Waals surface area (Å²) in [5, 5.41) is 14.7. The molecule has 1 aromatic rings. The van der Waals surface area contributed by atoms with Crippen LogP contribution in [0.3, 0.4) is 0 Å². The molecule has 0 aromatic carbocycles. The fourth-order valence-electron chi connectivity index (χ4n) is 2.95. The molecule has 1 aliphatic rings. The molecule has 1 aromatic heterocycles. The van der Waals surface area contributed by atoms with Crippen LogP contribution in [-0.4, -0.2) is 33.7 Å². The number of aromatic nitrogens is 2. The quantitative estimate of drug-likeness (QED) is 0.796. The number of ether oxygens (including phenoxy) is 1. The standard InChI is InChI=1S/C16H28N2O2/c1-3-14(4-2)18-10-9-13(17-18)12-15(19)7-8-16-6-5-11-20-16/h9-10,14-16,19H,3-8,11-12H2,1-2H3. The fraction of sp³-hybridized carbons (Fsp3) is 0.812. The van der Waals surface area contributed by atoms with Crippen molar-refractivity contribution < 1.29 is 9.84 Å². The Bertz CT molecular complexity index is 382. The fourth-order valence-corrected chi connectivity index (χ4v) is 2.95. The van der Waals surface area contributed by atoms with Gasteiger partial charge in [-0.05, 0) is 44.6 Å². The van der Waals surface area contributed by atoms with Crippen LogP contribution in [0.25, 0.3) is 0 Å². The average molecular weight is 280 g/mol. The number of aliphatic hydroxyl groups excluding tert-OH is 1. The first-order valence-electron chi connectivity index (χ1n) is 8.06. The molecule has 4 heteroatoms. The first-order valence-corrected chi connectivity index (χ1v) is 8.06. The third-order valence-electron chi connectivity index (χ3n) is 4.27. The lowest BCUT2D eigenvalue weighted by Crippen LogP contribution is -2.16. The maximum Gasteiger partial charge on any atom is 0.0650 e. The van der Waals surface area contributed by atoms with Crippen molar-refractivity contribution in [2.75, 3.05) is 6.61 Å². The van der Waals surface area contributed by atoms with Crippen molar-refractivity contribution in [2.45, 2.75) is 77.0 Å². The molecular weight excluding hydrogens is 252 g/mol. The van der Waals surface area contributed by atoms with Crippen LogP contribution in [0.1, 0.15) is 64.1 Å². The topological polar surface area (TPSA) is 47.3 Å². The summed E-state index contributed by atoms with van der Waals surface area (Å²) in [4.78, 5) is 0. The van der Waals surface area contributed by atoms with E-state index in [4.69, 9.17) is 4.74 Å². The van der Waals surface area contributed by atoms with Crippen molar-refractivity contribution in [1.29, 1.82) is 0 Å². The van der Waals surface area contributed by atoms with Gasteiger partial charge in [-0.3, -0.25) is 4.68 Å². The lowest BCUT2D eigenvalue weighted by atomic mass is 10.0. The van der Waals surface area contributed by atoms with Gasteiger partial charge in [0.15, 0.2) is 0 Å². The predicted molar refractivity (Wildman–Crippen MR) is 79.8 cm³/mol. The van der Waals surface area contributed by atoms with E-state index in [1.807, 2.05) is 16.9 Å². The zero-order valence-electron chi connectivity index (χ0n) is 12.8. The summed E-state index contributed by atoms with van der Waals surface area (Å²) in [5.74, 6) is 0. The van der Waals surface area contributed by atoms with E-state index in [0.717, 1.165) is 44.4 Å². The average Bonchev–Trinajstić information content (AvgIpc) is 3.10.